The lowest BCUT2D eigenvalue weighted by Gasteiger charge is -2.60. The SMILES string of the molecule is O=Cc1ccc(CN2CC3(C2)CN(c2ccsn2)C3)cn1. The van der Waals surface area contributed by atoms with Crippen molar-refractivity contribution < 1.29 is 4.79 Å². The van der Waals surface area contributed by atoms with Crippen molar-refractivity contribution in [2.45, 2.75) is 6.54 Å². The van der Waals surface area contributed by atoms with E-state index in [-0.39, 0.29) is 0 Å². The maximum Gasteiger partial charge on any atom is 0.168 e. The molecule has 0 aromatic carbocycles. The molecule has 0 aliphatic carbocycles. The number of hydrogen-bond acceptors (Lipinski definition) is 6. The number of pyridine rings is 1. The molecule has 0 saturated carbocycles. The first-order valence-electron chi connectivity index (χ1n) is 7.04. The molecule has 108 valence electrons. The fraction of sp³-hybridized carbons (Fsp3) is 0.400. The highest BCUT2D eigenvalue weighted by Gasteiger charge is 2.51. The van der Waals surface area contributed by atoms with Gasteiger partial charge in [-0.05, 0) is 29.2 Å². The summed E-state index contributed by atoms with van der Waals surface area (Å²) in [6, 6.07) is 5.86. The van der Waals surface area contributed by atoms with Crippen molar-refractivity contribution in [3.05, 3.63) is 41.0 Å². The quantitative estimate of drug-likeness (QED) is 0.804. The summed E-state index contributed by atoms with van der Waals surface area (Å²) in [7, 11) is 0. The molecule has 0 N–H and O–H groups in total. The van der Waals surface area contributed by atoms with E-state index in [0.29, 0.717) is 11.1 Å². The number of nitrogens with zero attached hydrogens (tertiary/aromatic N) is 4. The van der Waals surface area contributed by atoms with Crippen LogP contribution in [0.15, 0.2) is 29.8 Å². The van der Waals surface area contributed by atoms with Gasteiger partial charge in [0.15, 0.2) is 6.29 Å². The Kier molecular flexibility index (Phi) is 3.01. The van der Waals surface area contributed by atoms with Crippen LogP contribution in [0.5, 0.6) is 0 Å². The first kappa shape index (κ1) is 12.9. The first-order valence-corrected chi connectivity index (χ1v) is 7.88. The van der Waals surface area contributed by atoms with Crippen LogP contribution in [0.4, 0.5) is 5.82 Å². The van der Waals surface area contributed by atoms with Crippen molar-refractivity contribution in [2.24, 2.45) is 5.41 Å². The summed E-state index contributed by atoms with van der Waals surface area (Å²) in [6.07, 6.45) is 2.58. The second kappa shape index (κ2) is 4.89. The van der Waals surface area contributed by atoms with Gasteiger partial charge in [-0.25, -0.2) is 0 Å². The molecule has 0 radical (unpaired) electrons. The van der Waals surface area contributed by atoms with Gasteiger partial charge in [0.2, 0.25) is 0 Å². The van der Waals surface area contributed by atoms with Crippen LogP contribution in [0.2, 0.25) is 0 Å². The number of anilines is 1. The summed E-state index contributed by atoms with van der Waals surface area (Å²) < 4.78 is 4.38. The maximum absolute atomic E-state index is 10.6. The number of carbonyl (C=O) groups excluding carboxylic acids is 1. The molecular weight excluding hydrogens is 284 g/mol. The van der Waals surface area contributed by atoms with E-state index in [1.54, 1.807) is 12.3 Å². The molecule has 2 saturated heterocycles. The van der Waals surface area contributed by atoms with Gasteiger partial charge in [-0.2, -0.15) is 4.37 Å². The van der Waals surface area contributed by atoms with E-state index in [2.05, 4.69) is 25.2 Å². The molecule has 2 aromatic heterocycles. The molecule has 6 heteroatoms. The minimum absolute atomic E-state index is 0.472. The predicted molar refractivity (Wildman–Crippen MR) is 81.7 cm³/mol. The molecule has 0 amide bonds. The third-order valence-corrected chi connectivity index (χ3v) is 4.84. The van der Waals surface area contributed by atoms with Crippen LogP contribution in [0.3, 0.4) is 0 Å². The van der Waals surface area contributed by atoms with E-state index in [1.807, 2.05) is 11.4 Å². The van der Waals surface area contributed by atoms with Crippen LogP contribution in [0.1, 0.15) is 16.1 Å². The third-order valence-electron chi connectivity index (χ3n) is 4.29. The van der Waals surface area contributed by atoms with Gasteiger partial charge in [0.1, 0.15) is 11.5 Å². The first-order chi connectivity index (χ1) is 10.3. The predicted octanol–water partition coefficient (Wildman–Crippen LogP) is 1.67. The molecule has 2 fully saturated rings. The van der Waals surface area contributed by atoms with Gasteiger partial charge in [-0.15, -0.1) is 0 Å². The summed E-state index contributed by atoms with van der Waals surface area (Å²) in [4.78, 5) is 19.5. The minimum atomic E-state index is 0.472. The maximum atomic E-state index is 10.6. The zero-order valence-corrected chi connectivity index (χ0v) is 12.4. The van der Waals surface area contributed by atoms with Crippen LogP contribution in [-0.2, 0) is 6.54 Å². The Labute approximate surface area is 127 Å². The Morgan fingerprint density at radius 1 is 1.24 bits per heavy atom. The van der Waals surface area contributed by atoms with Crippen molar-refractivity contribution in [1.82, 2.24) is 14.3 Å². The van der Waals surface area contributed by atoms with Gasteiger partial charge in [0.25, 0.3) is 0 Å². The zero-order valence-electron chi connectivity index (χ0n) is 11.6. The molecule has 4 rings (SSSR count). The lowest BCUT2D eigenvalue weighted by molar-refractivity contribution is -0.0276. The minimum Gasteiger partial charge on any atom is -0.354 e. The third kappa shape index (κ3) is 2.34. The fourth-order valence-electron chi connectivity index (χ4n) is 3.37. The molecule has 21 heavy (non-hydrogen) atoms. The smallest absolute Gasteiger partial charge is 0.168 e. The van der Waals surface area contributed by atoms with Crippen LogP contribution in [-0.4, -0.2) is 46.7 Å². The topological polar surface area (TPSA) is 49.3 Å². The van der Waals surface area contributed by atoms with Gasteiger partial charge in [-0.1, -0.05) is 6.07 Å². The van der Waals surface area contributed by atoms with E-state index in [9.17, 15) is 4.79 Å². The monoisotopic (exact) mass is 300 g/mol. The Balaban J connectivity index is 1.29. The van der Waals surface area contributed by atoms with E-state index < -0.39 is 0 Å². The van der Waals surface area contributed by atoms with Crippen molar-refractivity contribution in [3.63, 3.8) is 0 Å². The second-order valence-corrected chi connectivity index (χ2v) is 6.73. The highest BCUT2D eigenvalue weighted by Crippen LogP contribution is 2.42. The van der Waals surface area contributed by atoms with E-state index >= 15 is 0 Å². The number of carbonyl (C=O) groups is 1. The van der Waals surface area contributed by atoms with Gasteiger partial charge in [-0.3, -0.25) is 14.7 Å². The number of aldehydes is 1. The van der Waals surface area contributed by atoms with E-state index in [0.717, 1.165) is 44.8 Å². The molecule has 5 nitrogen and oxygen atoms in total. The second-order valence-electron chi connectivity index (χ2n) is 6.07. The normalized spacial score (nSPS) is 20.1. The summed E-state index contributed by atoms with van der Waals surface area (Å²) in [5.41, 5.74) is 2.14. The van der Waals surface area contributed by atoms with Gasteiger partial charge < -0.3 is 4.90 Å². The Hall–Kier alpha value is -1.79. The molecule has 2 aliphatic heterocycles. The summed E-state index contributed by atoms with van der Waals surface area (Å²) in [5.74, 6) is 1.12. The van der Waals surface area contributed by atoms with Crippen LogP contribution in [0, 0.1) is 5.41 Å². The summed E-state index contributed by atoms with van der Waals surface area (Å²) >= 11 is 1.51. The van der Waals surface area contributed by atoms with Crippen LogP contribution >= 0.6 is 11.5 Å². The lowest BCUT2D eigenvalue weighted by Crippen LogP contribution is -2.72. The van der Waals surface area contributed by atoms with Crippen LogP contribution < -0.4 is 4.90 Å². The molecule has 0 atom stereocenters. The average molecular weight is 300 g/mol. The fourth-order valence-corrected chi connectivity index (χ4v) is 3.89. The van der Waals surface area contributed by atoms with Crippen molar-refractivity contribution in [1.29, 1.82) is 0 Å². The largest absolute Gasteiger partial charge is 0.354 e. The number of hydrogen-bond donors (Lipinski definition) is 0. The Morgan fingerprint density at radius 3 is 2.71 bits per heavy atom. The Morgan fingerprint density at radius 2 is 2.10 bits per heavy atom. The molecule has 2 aromatic rings. The van der Waals surface area contributed by atoms with Crippen molar-refractivity contribution in [2.75, 3.05) is 31.1 Å². The van der Waals surface area contributed by atoms with Crippen molar-refractivity contribution in [3.8, 4) is 0 Å². The van der Waals surface area contributed by atoms with Crippen molar-refractivity contribution >= 4 is 23.6 Å². The van der Waals surface area contributed by atoms with Gasteiger partial charge >= 0.3 is 0 Å². The van der Waals surface area contributed by atoms with Gasteiger partial charge in [0, 0.05) is 49.7 Å². The molecule has 0 unspecified atom stereocenters. The van der Waals surface area contributed by atoms with Crippen LogP contribution in [0.25, 0.3) is 0 Å². The molecule has 0 bridgehead atoms. The highest BCUT2D eigenvalue weighted by molar-refractivity contribution is 7.03. The number of likely N-dealkylation sites (tertiary alicyclic amines) is 1. The van der Waals surface area contributed by atoms with Gasteiger partial charge in [0.05, 0.1) is 0 Å². The standard InChI is InChI=1S/C15H16N4OS/c20-7-13-2-1-12(5-16-13)6-18-8-15(9-18)10-19(11-15)14-3-4-21-17-14/h1-5,7H,6,8-11H2. The summed E-state index contributed by atoms with van der Waals surface area (Å²) in [5, 5.41) is 2.03. The molecule has 2 aliphatic rings. The zero-order chi connectivity index (χ0) is 14.3. The lowest BCUT2D eigenvalue weighted by atomic mass is 9.72. The summed E-state index contributed by atoms with van der Waals surface area (Å²) in [6.45, 7) is 5.45. The molecular formula is C15H16N4OS. The van der Waals surface area contributed by atoms with E-state index in [1.165, 1.54) is 17.1 Å². The highest BCUT2D eigenvalue weighted by atomic mass is 32.1. The molecule has 1 spiro atoms. The number of aromatic nitrogens is 2. The van der Waals surface area contributed by atoms with E-state index in [4.69, 9.17) is 0 Å². The Bertz CT molecular complexity index is 626. The average Bonchev–Trinajstić information content (AvgIpc) is 2.94. The number of rotatable bonds is 4. The molecule has 4 heterocycles.